The topological polar surface area (TPSA) is 94.6 Å². The summed E-state index contributed by atoms with van der Waals surface area (Å²) < 4.78 is 30.2. The van der Waals surface area contributed by atoms with E-state index in [0.29, 0.717) is 5.02 Å². The van der Waals surface area contributed by atoms with Gasteiger partial charge in [-0.05, 0) is 47.5 Å². The molecule has 0 aromatic heterocycles. The van der Waals surface area contributed by atoms with E-state index in [-0.39, 0.29) is 27.1 Å². The van der Waals surface area contributed by atoms with E-state index >= 15 is 0 Å². The zero-order chi connectivity index (χ0) is 17.3. The SMILES string of the molecule is N#[N+]c1ccc2c(S(=O)(=O)Oc3ccc(Cl)cc3)cccc2c1[O-]. The highest BCUT2D eigenvalue weighted by atomic mass is 35.5. The molecule has 0 N–H and O–H groups in total. The number of hydrogen-bond donors (Lipinski definition) is 0. The van der Waals surface area contributed by atoms with Crippen molar-refractivity contribution in [2.24, 2.45) is 0 Å². The molecule has 0 unspecified atom stereocenters. The van der Waals surface area contributed by atoms with Crippen LogP contribution in [0.15, 0.2) is 59.5 Å². The fourth-order valence-corrected chi connectivity index (χ4v) is 3.52. The molecule has 3 aromatic rings. The maximum absolute atomic E-state index is 12.5. The molecule has 0 saturated carbocycles. The van der Waals surface area contributed by atoms with Crippen LogP contribution in [0, 0.1) is 5.39 Å². The van der Waals surface area contributed by atoms with Crippen LogP contribution in [0.25, 0.3) is 15.7 Å². The summed E-state index contributed by atoms with van der Waals surface area (Å²) in [5.74, 6) is -0.473. The third-order valence-corrected chi connectivity index (χ3v) is 4.91. The summed E-state index contributed by atoms with van der Waals surface area (Å²) in [6.07, 6.45) is 0. The van der Waals surface area contributed by atoms with E-state index in [0.717, 1.165) is 0 Å². The summed E-state index contributed by atoms with van der Waals surface area (Å²) in [5, 5.41) is 21.7. The molecule has 0 atom stereocenters. The van der Waals surface area contributed by atoms with E-state index in [1.54, 1.807) is 0 Å². The van der Waals surface area contributed by atoms with Gasteiger partial charge in [-0.15, -0.1) is 0 Å². The van der Waals surface area contributed by atoms with E-state index in [1.807, 2.05) is 0 Å². The Hall–Kier alpha value is -2.82. The standard InChI is InChI=1S/C16H9ClN2O4S/c17-10-4-6-11(7-5-10)23-24(21,22)15-3-1-2-13-12(15)8-9-14(19-18)16(13)20/h1-9H. The maximum Gasteiger partial charge on any atom is 0.378 e. The molecule has 3 rings (SSSR count). The summed E-state index contributed by atoms with van der Waals surface area (Å²) >= 11 is 5.75. The van der Waals surface area contributed by atoms with Gasteiger partial charge in [-0.3, -0.25) is 0 Å². The number of nitrogens with zero attached hydrogens (tertiary/aromatic N) is 2. The minimum Gasteiger partial charge on any atom is -0.867 e. The van der Waals surface area contributed by atoms with Gasteiger partial charge in [-0.1, -0.05) is 23.7 Å². The zero-order valence-corrected chi connectivity index (χ0v) is 13.6. The molecule has 0 amide bonds. The number of rotatable bonds is 3. The van der Waals surface area contributed by atoms with E-state index in [9.17, 15) is 13.5 Å². The number of halogens is 1. The number of diazo groups is 1. The van der Waals surface area contributed by atoms with E-state index in [1.165, 1.54) is 54.6 Å². The summed E-state index contributed by atoms with van der Waals surface area (Å²) in [7, 11) is -4.16. The largest absolute Gasteiger partial charge is 0.867 e. The average Bonchev–Trinajstić information content (AvgIpc) is 2.57. The fraction of sp³-hybridized carbons (Fsp3) is 0. The molecule has 0 bridgehead atoms. The highest BCUT2D eigenvalue weighted by Gasteiger charge is 2.21. The van der Waals surface area contributed by atoms with Crippen LogP contribution in [0.3, 0.4) is 0 Å². The first-order valence-corrected chi connectivity index (χ1v) is 8.49. The van der Waals surface area contributed by atoms with Gasteiger partial charge >= 0.3 is 15.8 Å². The smallest absolute Gasteiger partial charge is 0.378 e. The number of benzene rings is 3. The molecule has 0 spiro atoms. The molecular formula is C16H9ClN2O4S. The predicted octanol–water partition coefficient (Wildman–Crippen LogP) is 3.82. The second-order valence-electron chi connectivity index (χ2n) is 4.86. The lowest BCUT2D eigenvalue weighted by Gasteiger charge is -2.12. The minimum absolute atomic E-state index is 0.0979. The summed E-state index contributed by atoms with van der Waals surface area (Å²) in [6.45, 7) is 0. The van der Waals surface area contributed by atoms with Crippen LogP contribution in [0.4, 0.5) is 5.69 Å². The van der Waals surface area contributed by atoms with Gasteiger partial charge in [0.05, 0.1) is 0 Å². The Kier molecular flexibility index (Phi) is 4.01. The Morgan fingerprint density at radius 3 is 2.38 bits per heavy atom. The third kappa shape index (κ3) is 2.85. The molecule has 24 heavy (non-hydrogen) atoms. The fourth-order valence-electron chi connectivity index (χ4n) is 2.25. The van der Waals surface area contributed by atoms with Gasteiger partial charge in [0.25, 0.3) is 0 Å². The number of hydrogen-bond acceptors (Lipinski definition) is 5. The van der Waals surface area contributed by atoms with Gasteiger partial charge in [0.1, 0.15) is 10.6 Å². The van der Waals surface area contributed by atoms with Crippen molar-refractivity contribution < 1.29 is 17.7 Å². The Labute approximate surface area is 142 Å². The van der Waals surface area contributed by atoms with Crippen LogP contribution in [0.2, 0.25) is 5.02 Å². The molecule has 0 aliphatic rings. The van der Waals surface area contributed by atoms with Crippen LogP contribution in [-0.4, -0.2) is 8.42 Å². The Morgan fingerprint density at radius 1 is 1.00 bits per heavy atom. The Morgan fingerprint density at radius 2 is 1.71 bits per heavy atom. The summed E-state index contributed by atoms with van der Waals surface area (Å²) in [5.41, 5.74) is -0.171. The van der Waals surface area contributed by atoms with Crippen molar-refractivity contribution in [1.29, 1.82) is 5.39 Å². The molecule has 0 radical (unpaired) electrons. The van der Waals surface area contributed by atoms with Crippen LogP contribution in [0.1, 0.15) is 0 Å². The average molecular weight is 361 g/mol. The Balaban J connectivity index is 2.13. The molecule has 120 valence electrons. The quantitative estimate of drug-likeness (QED) is 0.522. The molecule has 3 aromatic carbocycles. The number of fused-ring (bicyclic) bond motifs is 1. The molecule has 0 heterocycles. The minimum atomic E-state index is -4.16. The highest BCUT2D eigenvalue weighted by molar-refractivity contribution is 7.87. The van der Waals surface area contributed by atoms with Gasteiger partial charge in [0, 0.05) is 16.5 Å². The monoisotopic (exact) mass is 360 g/mol. The van der Waals surface area contributed by atoms with Crippen LogP contribution >= 0.6 is 11.6 Å². The van der Waals surface area contributed by atoms with Crippen molar-refractivity contribution >= 4 is 38.2 Å². The van der Waals surface area contributed by atoms with Crippen molar-refractivity contribution in [1.82, 2.24) is 0 Å². The van der Waals surface area contributed by atoms with E-state index in [2.05, 4.69) is 4.98 Å². The second kappa shape index (κ2) is 6.00. The lowest BCUT2D eigenvalue weighted by Crippen LogP contribution is -2.10. The zero-order valence-electron chi connectivity index (χ0n) is 12.0. The maximum atomic E-state index is 12.5. The summed E-state index contributed by atoms with van der Waals surface area (Å²) in [6, 6.07) is 12.7. The van der Waals surface area contributed by atoms with Gasteiger partial charge in [-0.2, -0.15) is 8.42 Å². The normalized spacial score (nSPS) is 11.2. The Bertz CT molecular complexity index is 1070. The van der Waals surface area contributed by atoms with Crippen LogP contribution in [0.5, 0.6) is 11.5 Å². The van der Waals surface area contributed by atoms with Crippen molar-refractivity contribution in [2.75, 3.05) is 0 Å². The van der Waals surface area contributed by atoms with E-state index < -0.39 is 15.9 Å². The highest BCUT2D eigenvalue weighted by Crippen LogP contribution is 2.35. The molecule has 0 aliphatic carbocycles. The first-order valence-electron chi connectivity index (χ1n) is 6.70. The van der Waals surface area contributed by atoms with Crippen molar-refractivity contribution in [3.05, 3.63) is 64.6 Å². The lowest BCUT2D eigenvalue weighted by atomic mass is 10.1. The van der Waals surface area contributed by atoms with Crippen molar-refractivity contribution in [2.45, 2.75) is 4.90 Å². The van der Waals surface area contributed by atoms with Gasteiger partial charge < -0.3 is 9.29 Å². The van der Waals surface area contributed by atoms with Gasteiger partial charge in [-0.25, -0.2) is 0 Å². The molecule has 8 heteroatoms. The molecule has 6 nitrogen and oxygen atoms in total. The van der Waals surface area contributed by atoms with Crippen molar-refractivity contribution in [3.63, 3.8) is 0 Å². The van der Waals surface area contributed by atoms with Crippen LogP contribution in [-0.2, 0) is 10.1 Å². The van der Waals surface area contributed by atoms with Crippen LogP contribution < -0.4 is 9.29 Å². The molecule has 0 saturated heterocycles. The lowest BCUT2D eigenvalue weighted by molar-refractivity contribution is -0.264. The van der Waals surface area contributed by atoms with E-state index in [4.69, 9.17) is 21.2 Å². The second-order valence-corrected chi connectivity index (χ2v) is 6.81. The third-order valence-electron chi connectivity index (χ3n) is 3.35. The molecule has 0 aliphatic heterocycles. The molecular weight excluding hydrogens is 352 g/mol. The van der Waals surface area contributed by atoms with Gasteiger partial charge in [0.2, 0.25) is 5.39 Å². The van der Waals surface area contributed by atoms with Gasteiger partial charge in [0.15, 0.2) is 4.98 Å². The van der Waals surface area contributed by atoms with Crippen molar-refractivity contribution in [3.8, 4) is 11.5 Å². The first-order chi connectivity index (χ1) is 11.4. The summed E-state index contributed by atoms with van der Waals surface area (Å²) in [4.78, 5) is 2.73. The first kappa shape index (κ1) is 16.1. The molecule has 0 fully saturated rings. The predicted molar refractivity (Wildman–Crippen MR) is 87.4 cm³/mol.